The Balaban J connectivity index is 1.61. The van der Waals surface area contributed by atoms with Gasteiger partial charge in [0.25, 0.3) is 0 Å². The molecule has 0 saturated heterocycles. The molecule has 162 valence electrons. The first-order valence-corrected chi connectivity index (χ1v) is 11.5. The van der Waals surface area contributed by atoms with Gasteiger partial charge in [-0.25, -0.2) is 0 Å². The minimum atomic E-state index is 0.454. The lowest BCUT2D eigenvalue weighted by atomic mass is 10.1. The lowest BCUT2D eigenvalue weighted by Crippen LogP contribution is -2.02. The Morgan fingerprint density at radius 3 is 2.56 bits per heavy atom. The molecule has 0 heterocycles. The number of nitrogens with zero attached hydrogens (tertiary/aromatic N) is 1. The Labute approximate surface area is 197 Å². The first kappa shape index (κ1) is 22.1. The van der Waals surface area contributed by atoms with Gasteiger partial charge in [-0.05, 0) is 87.9 Å². The van der Waals surface area contributed by atoms with E-state index in [0.717, 1.165) is 26.9 Å². The summed E-state index contributed by atoms with van der Waals surface area (Å²) < 4.78 is 13.0. The monoisotopic (exact) mass is 487 g/mol. The van der Waals surface area contributed by atoms with Crippen molar-refractivity contribution in [3.05, 3.63) is 99.5 Å². The fourth-order valence-corrected chi connectivity index (χ4v) is 4.21. The fraction of sp³-hybridized carbons (Fsp3) is 0.179. The highest BCUT2D eigenvalue weighted by atomic mass is 79.9. The standard InChI is InChI=1S/C28H26BrNO2/c1-4-31-27-16-21(17-30-26-14-19(2)12-13-20(26)3)15-25(29)28(27)32-18-23-10-7-9-22-8-5-6-11-24(22)23/h5-17H,4,18H2,1-3H3. The zero-order valence-electron chi connectivity index (χ0n) is 18.6. The summed E-state index contributed by atoms with van der Waals surface area (Å²) in [7, 11) is 0. The lowest BCUT2D eigenvalue weighted by Gasteiger charge is -2.15. The summed E-state index contributed by atoms with van der Waals surface area (Å²) in [6, 6.07) is 24.9. The van der Waals surface area contributed by atoms with E-state index >= 15 is 0 Å². The zero-order valence-corrected chi connectivity index (χ0v) is 20.1. The molecular weight excluding hydrogens is 462 g/mol. The Bertz CT molecular complexity index is 1270. The molecule has 0 radical (unpaired) electrons. The number of aryl methyl sites for hydroxylation is 2. The molecule has 0 spiro atoms. The number of benzene rings is 4. The summed E-state index contributed by atoms with van der Waals surface area (Å²) in [6.07, 6.45) is 1.86. The zero-order chi connectivity index (χ0) is 22.5. The summed E-state index contributed by atoms with van der Waals surface area (Å²) in [5.74, 6) is 1.40. The smallest absolute Gasteiger partial charge is 0.175 e. The third-order valence-corrected chi connectivity index (χ3v) is 5.89. The average Bonchev–Trinajstić information content (AvgIpc) is 2.79. The van der Waals surface area contributed by atoms with Crippen LogP contribution in [-0.4, -0.2) is 12.8 Å². The number of hydrogen-bond donors (Lipinski definition) is 0. The number of hydrogen-bond acceptors (Lipinski definition) is 3. The molecule has 0 N–H and O–H groups in total. The molecule has 0 atom stereocenters. The number of aliphatic imine (C=N–C) groups is 1. The first-order valence-electron chi connectivity index (χ1n) is 10.7. The largest absolute Gasteiger partial charge is 0.490 e. The van der Waals surface area contributed by atoms with Gasteiger partial charge in [0, 0.05) is 6.21 Å². The highest BCUT2D eigenvalue weighted by molar-refractivity contribution is 9.10. The molecule has 0 aliphatic heterocycles. The highest BCUT2D eigenvalue weighted by Gasteiger charge is 2.13. The molecule has 0 saturated carbocycles. The summed E-state index contributed by atoms with van der Waals surface area (Å²) in [5, 5.41) is 2.40. The number of fused-ring (bicyclic) bond motifs is 1. The third-order valence-electron chi connectivity index (χ3n) is 5.30. The minimum Gasteiger partial charge on any atom is -0.490 e. The van der Waals surface area contributed by atoms with Crippen LogP contribution in [0.5, 0.6) is 11.5 Å². The molecule has 4 aromatic rings. The van der Waals surface area contributed by atoms with Crippen LogP contribution in [0.25, 0.3) is 10.8 Å². The van der Waals surface area contributed by atoms with Crippen molar-refractivity contribution in [2.24, 2.45) is 4.99 Å². The van der Waals surface area contributed by atoms with Gasteiger partial charge in [0.05, 0.1) is 16.8 Å². The van der Waals surface area contributed by atoms with Gasteiger partial charge >= 0.3 is 0 Å². The van der Waals surface area contributed by atoms with Crippen LogP contribution in [0.3, 0.4) is 0 Å². The van der Waals surface area contributed by atoms with E-state index < -0.39 is 0 Å². The number of halogens is 1. The van der Waals surface area contributed by atoms with E-state index in [9.17, 15) is 0 Å². The summed E-state index contributed by atoms with van der Waals surface area (Å²) in [5.41, 5.74) is 5.38. The van der Waals surface area contributed by atoms with E-state index in [1.807, 2.05) is 25.3 Å². The van der Waals surface area contributed by atoms with Crippen molar-refractivity contribution in [2.75, 3.05) is 6.61 Å². The topological polar surface area (TPSA) is 30.8 Å². The second-order valence-electron chi connectivity index (χ2n) is 7.74. The maximum Gasteiger partial charge on any atom is 0.175 e. The second-order valence-corrected chi connectivity index (χ2v) is 8.59. The van der Waals surface area contributed by atoms with Crippen molar-refractivity contribution in [3.63, 3.8) is 0 Å². The van der Waals surface area contributed by atoms with Gasteiger partial charge in [-0.3, -0.25) is 4.99 Å². The van der Waals surface area contributed by atoms with Crippen molar-refractivity contribution in [1.29, 1.82) is 0 Å². The molecule has 0 aromatic heterocycles. The van der Waals surface area contributed by atoms with Crippen molar-refractivity contribution >= 4 is 38.6 Å². The Morgan fingerprint density at radius 2 is 1.72 bits per heavy atom. The van der Waals surface area contributed by atoms with Crippen molar-refractivity contribution in [1.82, 2.24) is 0 Å². The van der Waals surface area contributed by atoms with Crippen molar-refractivity contribution in [3.8, 4) is 11.5 Å². The van der Waals surface area contributed by atoms with Gasteiger partial charge in [0.1, 0.15) is 6.61 Å². The average molecular weight is 488 g/mol. The van der Waals surface area contributed by atoms with Gasteiger partial charge in [-0.15, -0.1) is 0 Å². The van der Waals surface area contributed by atoms with Crippen LogP contribution < -0.4 is 9.47 Å². The van der Waals surface area contributed by atoms with Crippen LogP contribution in [0.15, 0.2) is 82.3 Å². The fourth-order valence-electron chi connectivity index (χ4n) is 3.64. The van der Waals surface area contributed by atoms with Crippen molar-refractivity contribution in [2.45, 2.75) is 27.4 Å². The van der Waals surface area contributed by atoms with Gasteiger partial charge in [-0.1, -0.05) is 54.6 Å². The van der Waals surface area contributed by atoms with Gasteiger partial charge in [0.15, 0.2) is 11.5 Å². The number of rotatable bonds is 7. The predicted molar refractivity (Wildman–Crippen MR) is 137 cm³/mol. The predicted octanol–water partition coefficient (Wildman–Crippen LogP) is 7.95. The Hall–Kier alpha value is -3.11. The Morgan fingerprint density at radius 1 is 0.906 bits per heavy atom. The van der Waals surface area contributed by atoms with Crippen LogP contribution in [-0.2, 0) is 6.61 Å². The van der Waals surface area contributed by atoms with Crippen LogP contribution in [0.1, 0.15) is 29.2 Å². The Kier molecular flexibility index (Phi) is 6.91. The molecule has 3 nitrogen and oxygen atoms in total. The van der Waals surface area contributed by atoms with Gasteiger partial charge in [0.2, 0.25) is 0 Å². The summed E-state index contributed by atoms with van der Waals surface area (Å²) in [4.78, 5) is 4.69. The molecule has 4 aromatic carbocycles. The molecular formula is C28H26BrNO2. The third kappa shape index (κ3) is 5.03. The molecule has 4 rings (SSSR count). The summed E-state index contributed by atoms with van der Waals surface area (Å²) in [6.45, 7) is 7.12. The highest BCUT2D eigenvalue weighted by Crippen LogP contribution is 2.37. The molecule has 0 aliphatic rings. The maximum absolute atomic E-state index is 6.25. The number of ether oxygens (including phenoxy) is 2. The SMILES string of the molecule is CCOc1cc(C=Nc2cc(C)ccc2C)cc(Br)c1OCc1cccc2ccccc12. The quantitative estimate of drug-likeness (QED) is 0.247. The van der Waals surface area contributed by atoms with E-state index in [1.54, 1.807) is 0 Å². The van der Waals surface area contributed by atoms with Crippen LogP contribution >= 0.6 is 15.9 Å². The van der Waals surface area contributed by atoms with Gasteiger partial charge in [-0.2, -0.15) is 0 Å². The maximum atomic E-state index is 6.25. The molecule has 0 aliphatic carbocycles. The van der Waals surface area contributed by atoms with Crippen molar-refractivity contribution < 1.29 is 9.47 Å². The van der Waals surface area contributed by atoms with E-state index in [4.69, 9.17) is 14.5 Å². The van der Waals surface area contributed by atoms with E-state index in [-0.39, 0.29) is 0 Å². The lowest BCUT2D eigenvalue weighted by molar-refractivity contribution is 0.268. The molecule has 0 unspecified atom stereocenters. The molecule has 0 bridgehead atoms. The van der Waals surface area contributed by atoms with Gasteiger partial charge < -0.3 is 9.47 Å². The molecule has 4 heteroatoms. The molecule has 32 heavy (non-hydrogen) atoms. The van der Waals surface area contributed by atoms with Crippen LogP contribution in [0.2, 0.25) is 0 Å². The molecule has 0 fully saturated rings. The van der Waals surface area contributed by atoms with E-state index in [0.29, 0.717) is 24.7 Å². The van der Waals surface area contributed by atoms with Crippen LogP contribution in [0, 0.1) is 13.8 Å². The summed E-state index contributed by atoms with van der Waals surface area (Å²) >= 11 is 3.68. The van der Waals surface area contributed by atoms with E-state index in [2.05, 4.69) is 90.4 Å². The van der Waals surface area contributed by atoms with E-state index in [1.165, 1.54) is 16.3 Å². The normalized spacial score (nSPS) is 11.2. The molecule has 0 amide bonds. The minimum absolute atomic E-state index is 0.454. The second kappa shape index (κ2) is 10.0. The van der Waals surface area contributed by atoms with Crippen LogP contribution in [0.4, 0.5) is 5.69 Å². The first-order chi connectivity index (χ1) is 15.5.